The molecule has 1 aromatic heterocycles. The van der Waals surface area contributed by atoms with Crippen LogP contribution in [0.2, 0.25) is 0 Å². The minimum absolute atomic E-state index is 0.0538. The summed E-state index contributed by atoms with van der Waals surface area (Å²) in [7, 11) is -4.12. The first-order valence-electron chi connectivity index (χ1n) is 11.7. The SMILES string of the molecule is O=C(NCc1cc(-c2ccc(C(F)(F)F)cc2)ncn1)[C@@H]1C[C@@H]2COC[C@@H]2N1S(=O)(=O)c1ccc(F)cc1. The molecule has 5 rings (SSSR count). The number of alkyl halides is 3. The van der Waals surface area contributed by atoms with Gasteiger partial charge in [-0.05, 0) is 48.9 Å². The van der Waals surface area contributed by atoms with E-state index in [0.717, 1.165) is 40.7 Å². The molecule has 2 saturated heterocycles. The van der Waals surface area contributed by atoms with Gasteiger partial charge in [-0.25, -0.2) is 22.8 Å². The molecule has 0 bridgehead atoms. The summed E-state index contributed by atoms with van der Waals surface area (Å²) in [5.74, 6) is -1.27. The summed E-state index contributed by atoms with van der Waals surface area (Å²) in [5, 5.41) is 2.72. The maximum absolute atomic E-state index is 13.4. The molecule has 0 saturated carbocycles. The number of rotatable bonds is 6. The number of hydrogen-bond acceptors (Lipinski definition) is 6. The summed E-state index contributed by atoms with van der Waals surface area (Å²) in [5.41, 5.74) is 0.409. The van der Waals surface area contributed by atoms with Crippen LogP contribution < -0.4 is 5.32 Å². The second-order valence-corrected chi connectivity index (χ2v) is 10.9. The summed E-state index contributed by atoms with van der Waals surface area (Å²) < 4.78 is 85.4. The lowest BCUT2D eigenvalue weighted by Crippen LogP contribution is -2.49. The molecule has 1 N–H and O–H groups in total. The summed E-state index contributed by atoms with van der Waals surface area (Å²) in [6.45, 7) is 0.422. The quantitative estimate of drug-likeness (QED) is 0.473. The minimum atomic E-state index is -4.46. The number of hydrogen-bond donors (Lipinski definition) is 1. The minimum Gasteiger partial charge on any atom is -0.379 e. The van der Waals surface area contributed by atoms with Gasteiger partial charge in [0.1, 0.15) is 18.2 Å². The first-order valence-corrected chi connectivity index (χ1v) is 13.1. The van der Waals surface area contributed by atoms with E-state index in [2.05, 4.69) is 15.3 Å². The highest BCUT2D eigenvalue weighted by molar-refractivity contribution is 7.89. The number of ether oxygens (including phenoxy) is 1. The number of nitrogens with zero attached hydrogens (tertiary/aromatic N) is 3. The van der Waals surface area contributed by atoms with Crippen molar-refractivity contribution in [3.8, 4) is 11.3 Å². The van der Waals surface area contributed by atoms with E-state index >= 15 is 0 Å². The Labute approximate surface area is 215 Å². The van der Waals surface area contributed by atoms with Crippen molar-refractivity contribution in [2.75, 3.05) is 13.2 Å². The van der Waals surface area contributed by atoms with Gasteiger partial charge in [0.25, 0.3) is 0 Å². The molecule has 0 unspecified atom stereocenters. The third-order valence-corrected chi connectivity index (χ3v) is 8.64. The molecule has 8 nitrogen and oxygen atoms in total. The van der Waals surface area contributed by atoms with Crippen LogP contribution in [0, 0.1) is 11.7 Å². The molecule has 38 heavy (non-hydrogen) atoms. The Balaban J connectivity index is 1.32. The molecular formula is C25H22F4N4O4S. The lowest BCUT2D eigenvalue weighted by molar-refractivity contribution is -0.137. The zero-order valence-corrected chi connectivity index (χ0v) is 20.5. The molecule has 3 heterocycles. The first kappa shape index (κ1) is 26.2. The van der Waals surface area contributed by atoms with Crippen molar-refractivity contribution in [3.63, 3.8) is 0 Å². The van der Waals surface area contributed by atoms with E-state index in [1.807, 2.05) is 0 Å². The van der Waals surface area contributed by atoms with Gasteiger partial charge in [-0.1, -0.05) is 12.1 Å². The Morgan fingerprint density at radius 1 is 1.05 bits per heavy atom. The van der Waals surface area contributed by atoms with Crippen LogP contribution in [0.4, 0.5) is 17.6 Å². The number of amides is 1. The van der Waals surface area contributed by atoms with Crippen LogP contribution in [0.15, 0.2) is 65.8 Å². The summed E-state index contributed by atoms with van der Waals surface area (Å²) >= 11 is 0. The van der Waals surface area contributed by atoms with E-state index in [0.29, 0.717) is 23.6 Å². The number of sulfonamides is 1. The van der Waals surface area contributed by atoms with Gasteiger partial charge >= 0.3 is 6.18 Å². The maximum atomic E-state index is 13.4. The van der Waals surface area contributed by atoms with Crippen molar-refractivity contribution in [1.29, 1.82) is 0 Å². The van der Waals surface area contributed by atoms with E-state index in [9.17, 15) is 30.8 Å². The van der Waals surface area contributed by atoms with Crippen LogP contribution in [0.5, 0.6) is 0 Å². The van der Waals surface area contributed by atoms with Crippen molar-refractivity contribution in [3.05, 3.63) is 78.0 Å². The average molecular weight is 551 g/mol. The monoisotopic (exact) mass is 550 g/mol. The number of carbonyl (C=O) groups is 1. The van der Waals surface area contributed by atoms with Gasteiger partial charge in [0.05, 0.1) is 47.6 Å². The van der Waals surface area contributed by atoms with Gasteiger partial charge in [0.2, 0.25) is 15.9 Å². The summed E-state index contributed by atoms with van der Waals surface area (Å²) in [6, 6.07) is 8.92. The van der Waals surface area contributed by atoms with Gasteiger partial charge in [-0.15, -0.1) is 0 Å². The number of halogens is 4. The second kappa shape index (κ2) is 10.0. The van der Waals surface area contributed by atoms with Crippen LogP contribution in [0.3, 0.4) is 0 Å². The Bertz CT molecular complexity index is 1430. The fraction of sp³-hybridized carbons (Fsp3) is 0.320. The van der Waals surface area contributed by atoms with Gasteiger partial charge in [0, 0.05) is 11.5 Å². The molecule has 3 atom stereocenters. The highest BCUT2D eigenvalue weighted by Crippen LogP contribution is 2.39. The predicted octanol–water partition coefficient (Wildman–Crippen LogP) is 3.40. The largest absolute Gasteiger partial charge is 0.416 e. The third-order valence-electron chi connectivity index (χ3n) is 6.69. The normalized spacial score (nSPS) is 21.8. The highest BCUT2D eigenvalue weighted by Gasteiger charge is 2.52. The molecule has 1 amide bonds. The number of fused-ring (bicyclic) bond motifs is 1. The number of nitrogens with one attached hydrogen (secondary N) is 1. The van der Waals surface area contributed by atoms with Gasteiger partial charge in [0.15, 0.2) is 0 Å². The van der Waals surface area contributed by atoms with Gasteiger partial charge < -0.3 is 10.1 Å². The number of carbonyl (C=O) groups excluding carboxylic acids is 1. The molecule has 2 aromatic carbocycles. The fourth-order valence-corrected chi connectivity index (χ4v) is 6.62. The average Bonchev–Trinajstić information content (AvgIpc) is 3.49. The number of aromatic nitrogens is 2. The van der Waals surface area contributed by atoms with Crippen LogP contribution in [0.1, 0.15) is 17.7 Å². The maximum Gasteiger partial charge on any atom is 0.416 e. The molecule has 2 fully saturated rings. The van der Waals surface area contributed by atoms with E-state index in [4.69, 9.17) is 4.74 Å². The second-order valence-electron chi connectivity index (χ2n) is 9.09. The predicted molar refractivity (Wildman–Crippen MR) is 126 cm³/mol. The first-order chi connectivity index (χ1) is 18.0. The molecule has 0 aliphatic carbocycles. The van der Waals surface area contributed by atoms with E-state index in [1.54, 1.807) is 0 Å². The molecule has 13 heteroatoms. The lowest BCUT2D eigenvalue weighted by Gasteiger charge is -2.27. The smallest absolute Gasteiger partial charge is 0.379 e. The zero-order chi connectivity index (χ0) is 27.1. The molecule has 0 radical (unpaired) electrons. The molecule has 0 spiro atoms. The Hall–Kier alpha value is -3.42. The topological polar surface area (TPSA) is 101 Å². The molecular weight excluding hydrogens is 528 g/mol. The van der Waals surface area contributed by atoms with Crippen LogP contribution in [0.25, 0.3) is 11.3 Å². The highest BCUT2D eigenvalue weighted by atomic mass is 32.2. The van der Waals surface area contributed by atoms with Gasteiger partial charge in [-0.3, -0.25) is 4.79 Å². The number of benzene rings is 2. The van der Waals surface area contributed by atoms with E-state index in [1.165, 1.54) is 24.5 Å². The standard InChI is InChI=1S/C25H22F4N4O4S/c26-18-5-7-20(8-6-18)38(35,36)33-22(9-16-12-37-13-23(16)33)24(34)30-11-19-10-21(32-14-31-19)15-1-3-17(4-2-15)25(27,28)29/h1-8,10,14,16,22-23H,9,11-13H2,(H,30,34)/t16-,22+,23+/m1/s1. The fourth-order valence-electron chi connectivity index (χ4n) is 4.79. The van der Waals surface area contributed by atoms with Gasteiger partial charge in [-0.2, -0.15) is 17.5 Å². The Morgan fingerprint density at radius 3 is 2.45 bits per heavy atom. The Morgan fingerprint density at radius 2 is 1.76 bits per heavy atom. The lowest BCUT2D eigenvalue weighted by atomic mass is 10.0. The zero-order valence-electron chi connectivity index (χ0n) is 19.7. The van der Waals surface area contributed by atoms with E-state index in [-0.39, 0.29) is 30.4 Å². The van der Waals surface area contributed by atoms with Crippen molar-refractivity contribution >= 4 is 15.9 Å². The Kier molecular flexibility index (Phi) is 6.92. The molecule has 2 aliphatic rings. The van der Waals surface area contributed by atoms with Crippen LogP contribution >= 0.6 is 0 Å². The molecule has 200 valence electrons. The molecule has 2 aliphatic heterocycles. The third kappa shape index (κ3) is 5.13. The molecule has 3 aromatic rings. The van der Waals surface area contributed by atoms with Crippen molar-refractivity contribution in [1.82, 2.24) is 19.6 Å². The summed E-state index contributed by atoms with van der Waals surface area (Å²) in [6.07, 6.45) is -2.96. The van der Waals surface area contributed by atoms with E-state index < -0.39 is 45.6 Å². The van der Waals surface area contributed by atoms with Crippen LogP contribution in [-0.2, 0) is 32.3 Å². The van der Waals surface area contributed by atoms with Crippen molar-refractivity contribution < 1.29 is 35.5 Å². The summed E-state index contributed by atoms with van der Waals surface area (Å²) in [4.78, 5) is 21.3. The van der Waals surface area contributed by atoms with Crippen LogP contribution in [-0.4, -0.2) is 53.9 Å². The van der Waals surface area contributed by atoms with Crippen molar-refractivity contribution in [2.24, 2.45) is 5.92 Å². The van der Waals surface area contributed by atoms with Crippen molar-refractivity contribution in [2.45, 2.75) is 36.1 Å².